The Labute approximate surface area is 115 Å². The normalized spacial score (nSPS) is 17.8. The van der Waals surface area contributed by atoms with E-state index >= 15 is 0 Å². The predicted molar refractivity (Wildman–Crippen MR) is 72.8 cm³/mol. The van der Waals surface area contributed by atoms with E-state index in [1.54, 1.807) is 18.2 Å². The summed E-state index contributed by atoms with van der Waals surface area (Å²) in [5, 5.41) is 0. The van der Waals surface area contributed by atoms with Crippen LogP contribution in [0.2, 0.25) is 0 Å². The van der Waals surface area contributed by atoms with E-state index in [-0.39, 0.29) is 17.7 Å². The summed E-state index contributed by atoms with van der Waals surface area (Å²) in [6.45, 7) is 2.27. The number of hydrogen-bond acceptors (Lipinski definition) is 2. The Balaban J connectivity index is 1.91. The van der Waals surface area contributed by atoms with Crippen LogP contribution in [0.25, 0.3) is 0 Å². The maximum Gasteiger partial charge on any atom is 0.217 e. The Hall–Kier alpha value is -2.23. The fourth-order valence-corrected chi connectivity index (χ4v) is 2.20. The average Bonchev–Trinajstić information content (AvgIpc) is 2.92. The third-order valence-corrected chi connectivity index (χ3v) is 3.34. The van der Waals surface area contributed by atoms with Crippen molar-refractivity contribution in [2.75, 3.05) is 6.61 Å². The Morgan fingerprint density at radius 2 is 1.75 bits per heavy atom. The first-order valence-corrected chi connectivity index (χ1v) is 6.36. The monoisotopic (exact) mass is 273 g/mol. The van der Waals surface area contributed by atoms with Crippen LogP contribution in [-0.2, 0) is 4.74 Å². The number of benzene rings is 2. The molecule has 1 aliphatic heterocycles. The van der Waals surface area contributed by atoms with Gasteiger partial charge in [-0.05, 0) is 42.3 Å². The van der Waals surface area contributed by atoms with E-state index < -0.39 is 0 Å². The molecule has 0 bridgehead atoms. The van der Waals surface area contributed by atoms with Gasteiger partial charge in [0.1, 0.15) is 24.3 Å². The van der Waals surface area contributed by atoms with Gasteiger partial charge in [-0.1, -0.05) is 18.2 Å². The first-order valence-electron chi connectivity index (χ1n) is 6.36. The first-order chi connectivity index (χ1) is 9.63. The summed E-state index contributed by atoms with van der Waals surface area (Å²) in [7, 11) is 0. The van der Waals surface area contributed by atoms with Gasteiger partial charge < -0.3 is 4.74 Å². The number of nitrogens with zero attached hydrogens (tertiary/aromatic N) is 1. The fraction of sp³-hybridized carbons (Fsp3) is 0.188. The molecule has 0 saturated carbocycles. The second-order valence-corrected chi connectivity index (χ2v) is 4.77. The van der Waals surface area contributed by atoms with Gasteiger partial charge in [-0.3, -0.25) is 0 Å². The Kier molecular flexibility index (Phi) is 3.22. The van der Waals surface area contributed by atoms with E-state index in [4.69, 9.17) is 4.74 Å². The largest absolute Gasteiger partial charge is 0.475 e. The highest BCUT2D eigenvalue weighted by molar-refractivity contribution is 5.96. The molecule has 0 amide bonds. The molecular formula is C16H13F2NO. The van der Waals surface area contributed by atoms with E-state index in [1.807, 2.05) is 6.92 Å². The van der Waals surface area contributed by atoms with Crippen LogP contribution in [0.1, 0.15) is 22.7 Å². The van der Waals surface area contributed by atoms with Crippen LogP contribution < -0.4 is 0 Å². The zero-order valence-corrected chi connectivity index (χ0v) is 10.9. The molecule has 0 saturated heterocycles. The Bertz CT molecular complexity index is 665. The SMILES string of the molecule is Cc1ccc(F)cc1C1=NC(c2ccc(F)cc2)CO1. The molecular weight excluding hydrogens is 260 g/mol. The van der Waals surface area contributed by atoms with E-state index in [0.717, 1.165) is 11.1 Å². The van der Waals surface area contributed by atoms with Crippen LogP contribution in [0.15, 0.2) is 47.5 Å². The van der Waals surface area contributed by atoms with Crippen LogP contribution in [0.3, 0.4) is 0 Å². The van der Waals surface area contributed by atoms with Crippen molar-refractivity contribution < 1.29 is 13.5 Å². The lowest BCUT2D eigenvalue weighted by Crippen LogP contribution is -2.04. The molecule has 0 aliphatic carbocycles. The van der Waals surface area contributed by atoms with E-state index in [0.29, 0.717) is 18.1 Å². The van der Waals surface area contributed by atoms with E-state index in [9.17, 15) is 8.78 Å². The van der Waals surface area contributed by atoms with Crippen LogP contribution in [0.4, 0.5) is 8.78 Å². The highest BCUT2D eigenvalue weighted by Gasteiger charge is 2.23. The molecule has 1 atom stereocenters. The van der Waals surface area contributed by atoms with Gasteiger partial charge in [0.25, 0.3) is 0 Å². The Morgan fingerprint density at radius 1 is 1.05 bits per heavy atom. The number of aliphatic imine (C=N–C) groups is 1. The summed E-state index contributed by atoms with van der Waals surface area (Å²) in [5.74, 6) is -0.156. The van der Waals surface area contributed by atoms with E-state index in [1.165, 1.54) is 24.3 Å². The molecule has 20 heavy (non-hydrogen) atoms. The van der Waals surface area contributed by atoms with Crippen LogP contribution >= 0.6 is 0 Å². The molecule has 1 aliphatic rings. The molecule has 102 valence electrons. The highest BCUT2D eigenvalue weighted by atomic mass is 19.1. The molecule has 2 nitrogen and oxygen atoms in total. The zero-order valence-electron chi connectivity index (χ0n) is 10.9. The number of hydrogen-bond donors (Lipinski definition) is 0. The summed E-state index contributed by atoms with van der Waals surface area (Å²) in [4.78, 5) is 4.47. The fourth-order valence-electron chi connectivity index (χ4n) is 2.20. The molecule has 4 heteroatoms. The number of rotatable bonds is 2. The van der Waals surface area contributed by atoms with Crippen molar-refractivity contribution in [3.05, 3.63) is 70.8 Å². The van der Waals surface area contributed by atoms with Crippen molar-refractivity contribution in [1.29, 1.82) is 0 Å². The topological polar surface area (TPSA) is 21.6 Å². The van der Waals surface area contributed by atoms with E-state index in [2.05, 4.69) is 4.99 Å². The lowest BCUT2D eigenvalue weighted by molar-refractivity contribution is 0.319. The molecule has 2 aromatic rings. The van der Waals surface area contributed by atoms with Crippen molar-refractivity contribution in [3.8, 4) is 0 Å². The maximum absolute atomic E-state index is 13.3. The van der Waals surface area contributed by atoms with Crippen LogP contribution in [-0.4, -0.2) is 12.5 Å². The molecule has 0 fully saturated rings. The van der Waals surface area contributed by atoms with Crippen molar-refractivity contribution in [1.82, 2.24) is 0 Å². The molecule has 3 rings (SSSR count). The maximum atomic E-state index is 13.3. The predicted octanol–water partition coefficient (Wildman–Crippen LogP) is 3.79. The van der Waals surface area contributed by atoms with Gasteiger partial charge in [0.05, 0.1) is 0 Å². The quantitative estimate of drug-likeness (QED) is 0.815. The number of halogens is 2. The van der Waals surface area contributed by atoms with Crippen LogP contribution in [0, 0.1) is 18.6 Å². The number of ether oxygens (including phenoxy) is 1. The summed E-state index contributed by atoms with van der Waals surface area (Å²) >= 11 is 0. The van der Waals surface area contributed by atoms with Crippen LogP contribution in [0.5, 0.6) is 0 Å². The van der Waals surface area contributed by atoms with Gasteiger partial charge in [-0.15, -0.1) is 0 Å². The Morgan fingerprint density at radius 3 is 2.50 bits per heavy atom. The molecule has 1 heterocycles. The average molecular weight is 273 g/mol. The lowest BCUT2D eigenvalue weighted by atomic mass is 10.1. The van der Waals surface area contributed by atoms with Gasteiger partial charge in [-0.25, -0.2) is 13.8 Å². The molecule has 1 unspecified atom stereocenters. The molecule has 0 spiro atoms. The highest BCUT2D eigenvalue weighted by Crippen LogP contribution is 2.26. The summed E-state index contributed by atoms with van der Waals surface area (Å²) in [5.41, 5.74) is 2.45. The minimum Gasteiger partial charge on any atom is -0.475 e. The molecule has 0 N–H and O–H groups in total. The lowest BCUT2D eigenvalue weighted by Gasteiger charge is -2.05. The van der Waals surface area contributed by atoms with Crippen molar-refractivity contribution in [2.24, 2.45) is 4.99 Å². The second kappa shape index (κ2) is 5.04. The third kappa shape index (κ3) is 2.41. The molecule has 0 radical (unpaired) electrons. The van der Waals surface area contributed by atoms with Crippen molar-refractivity contribution >= 4 is 5.90 Å². The van der Waals surface area contributed by atoms with Gasteiger partial charge in [0, 0.05) is 5.56 Å². The van der Waals surface area contributed by atoms with Crippen molar-refractivity contribution in [2.45, 2.75) is 13.0 Å². The zero-order chi connectivity index (χ0) is 14.1. The molecule has 2 aromatic carbocycles. The summed E-state index contributed by atoms with van der Waals surface area (Å²) < 4.78 is 31.8. The van der Waals surface area contributed by atoms with Crippen molar-refractivity contribution in [3.63, 3.8) is 0 Å². The smallest absolute Gasteiger partial charge is 0.217 e. The second-order valence-electron chi connectivity index (χ2n) is 4.77. The summed E-state index contributed by atoms with van der Waals surface area (Å²) in [6.07, 6.45) is 0. The molecule has 0 aromatic heterocycles. The first kappa shape index (κ1) is 12.8. The minimum absolute atomic E-state index is 0.173. The number of aryl methyl sites for hydroxylation is 1. The minimum atomic E-state index is -0.317. The van der Waals surface area contributed by atoms with Gasteiger partial charge in [0.15, 0.2) is 0 Å². The van der Waals surface area contributed by atoms with Gasteiger partial charge >= 0.3 is 0 Å². The van der Waals surface area contributed by atoms with Gasteiger partial charge in [0.2, 0.25) is 5.90 Å². The van der Waals surface area contributed by atoms with Gasteiger partial charge in [-0.2, -0.15) is 0 Å². The summed E-state index contributed by atoms with van der Waals surface area (Å²) in [6, 6.07) is 10.5. The third-order valence-electron chi connectivity index (χ3n) is 3.34. The standard InChI is InChI=1S/C16H13F2NO/c1-10-2-5-13(18)8-14(10)16-19-15(9-20-16)11-3-6-12(17)7-4-11/h2-8,15H,9H2,1H3.